The van der Waals surface area contributed by atoms with E-state index in [1.165, 1.54) is 28.2 Å². The van der Waals surface area contributed by atoms with Crippen molar-refractivity contribution in [2.45, 2.75) is 32.9 Å². The van der Waals surface area contributed by atoms with Crippen LogP contribution in [0.3, 0.4) is 0 Å². The van der Waals surface area contributed by atoms with Crippen LogP contribution in [0.15, 0.2) is 12.1 Å². The summed E-state index contributed by atoms with van der Waals surface area (Å²) in [5.41, 5.74) is 3.84. The number of nitrogens with zero attached hydrogens (tertiary/aromatic N) is 1. The van der Waals surface area contributed by atoms with Crippen molar-refractivity contribution in [3.63, 3.8) is 0 Å². The molecule has 1 saturated heterocycles. The van der Waals surface area contributed by atoms with Gasteiger partial charge in [0.25, 0.3) is 0 Å². The molecule has 1 aromatic rings. The summed E-state index contributed by atoms with van der Waals surface area (Å²) in [5, 5.41) is 3.69. The molecule has 21 heavy (non-hydrogen) atoms. The molecule has 1 aliphatic rings. The fourth-order valence-corrected chi connectivity index (χ4v) is 4.33. The number of likely N-dealkylation sites (N-methyl/N-ethyl adjacent to an activating group) is 2. The van der Waals surface area contributed by atoms with E-state index in [1.807, 2.05) is 0 Å². The molecule has 1 N–H and O–H groups in total. The molecular weight excluding hydrogens is 280 g/mol. The maximum absolute atomic E-state index is 5.74. The first-order valence-corrected chi connectivity index (χ1v) is 8.91. The standard InChI is InChI=1S/C17H28N2OS/c1-6-18-16(15-11-21-10-9-19(15)4)14-8-7-12(2)13(3)17(14)20-5/h7-8,15-16,18H,6,9-11H2,1-5H3. The van der Waals surface area contributed by atoms with Crippen LogP contribution in [0.25, 0.3) is 0 Å². The van der Waals surface area contributed by atoms with E-state index >= 15 is 0 Å². The van der Waals surface area contributed by atoms with Gasteiger partial charge in [0.15, 0.2) is 0 Å². The third-order valence-corrected chi connectivity index (χ3v) is 5.55. The van der Waals surface area contributed by atoms with E-state index in [2.05, 4.69) is 61.9 Å². The molecule has 0 radical (unpaired) electrons. The number of benzene rings is 1. The Labute approximate surface area is 133 Å². The van der Waals surface area contributed by atoms with Gasteiger partial charge >= 0.3 is 0 Å². The van der Waals surface area contributed by atoms with Gasteiger partial charge in [-0.2, -0.15) is 11.8 Å². The van der Waals surface area contributed by atoms with Gasteiger partial charge in [0.1, 0.15) is 5.75 Å². The number of hydrogen-bond donors (Lipinski definition) is 1. The second-order valence-electron chi connectivity index (χ2n) is 5.79. The van der Waals surface area contributed by atoms with Crippen LogP contribution in [0.1, 0.15) is 29.7 Å². The van der Waals surface area contributed by atoms with Gasteiger partial charge in [0.05, 0.1) is 13.2 Å². The molecule has 4 heteroatoms. The first-order valence-electron chi connectivity index (χ1n) is 7.75. The van der Waals surface area contributed by atoms with Crippen molar-refractivity contribution in [3.05, 3.63) is 28.8 Å². The second kappa shape index (κ2) is 7.52. The number of ether oxygens (including phenoxy) is 1. The number of aryl methyl sites for hydroxylation is 1. The average Bonchev–Trinajstić information content (AvgIpc) is 2.48. The molecule has 2 atom stereocenters. The maximum Gasteiger partial charge on any atom is 0.126 e. The van der Waals surface area contributed by atoms with Crippen molar-refractivity contribution in [3.8, 4) is 5.75 Å². The lowest BCUT2D eigenvalue weighted by Gasteiger charge is -2.39. The average molecular weight is 308 g/mol. The van der Waals surface area contributed by atoms with Crippen molar-refractivity contribution >= 4 is 11.8 Å². The molecule has 118 valence electrons. The van der Waals surface area contributed by atoms with Gasteiger partial charge in [-0.3, -0.25) is 4.90 Å². The van der Waals surface area contributed by atoms with Gasteiger partial charge in [-0.15, -0.1) is 0 Å². The maximum atomic E-state index is 5.74. The lowest BCUT2D eigenvalue weighted by atomic mass is 9.94. The molecule has 1 fully saturated rings. The quantitative estimate of drug-likeness (QED) is 0.904. The molecule has 1 heterocycles. The number of methoxy groups -OCH3 is 1. The SMILES string of the molecule is CCNC(c1ccc(C)c(C)c1OC)C1CSCCN1C. The predicted molar refractivity (Wildman–Crippen MR) is 92.6 cm³/mol. The Bertz CT molecular complexity index is 478. The summed E-state index contributed by atoms with van der Waals surface area (Å²) in [6.07, 6.45) is 0. The number of nitrogens with one attached hydrogen (secondary N) is 1. The summed E-state index contributed by atoms with van der Waals surface area (Å²) in [6, 6.07) is 5.29. The molecule has 1 aliphatic heterocycles. The third-order valence-electron chi connectivity index (χ3n) is 4.50. The molecule has 0 saturated carbocycles. The highest BCUT2D eigenvalue weighted by Crippen LogP contribution is 2.35. The van der Waals surface area contributed by atoms with E-state index < -0.39 is 0 Å². The number of hydrogen-bond acceptors (Lipinski definition) is 4. The topological polar surface area (TPSA) is 24.5 Å². The van der Waals surface area contributed by atoms with Crippen LogP contribution in [0.5, 0.6) is 5.75 Å². The van der Waals surface area contributed by atoms with Crippen LogP contribution < -0.4 is 10.1 Å². The summed E-state index contributed by atoms with van der Waals surface area (Å²) >= 11 is 2.05. The first kappa shape index (κ1) is 16.7. The molecule has 0 bridgehead atoms. The molecule has 0 aromatic heterocycles. The lowest BCUT2D eigenvalue weighted by Crippen LogP contribution is -2.47. The van der Waals surface area contributed by atoms with Gasteiger partial charge < -0.3 is 10.1 Å². The lowest BCUT2D eigenvalue weighted by molar-refractivity contribution is 0.214. The second-order valence-corrected chi connectivity index (χ2v) is 6.94. The Kier molecular flexibility index (Phi) is 5.97. The van der Waals surface area contributed by atoms with Gasteiger partial charge in [-0.1, -0.05) is 19.1 Å². The summed E-state index contributed by atoms with van der Waals surface area (Å²) in [4.78, 5) is 2.48. The minimum atomic E-state index is 0.321. The largest absolute Gasteiger partial charge is 0.496 e. The van der Waals surface area contributed by atoms with Crippen molar-refractivity contribution in [1.29, 1.82) is 0 Å². The Morgan fingerprint density at radius 2 is 2.19 bits per heavy atom. The summed E-state index contributed by atoms with van der Waals surface area (Å²) in [7, 11) is 4.02. The summed E-state index contributed by atoms with van der Waals surface area (Å²) in [5.74, 6) is 3.45. The molecule has 2 unspecified atom stereocenters. The fraction of sp³-hybridized carbons (Fsp3) is 0.647. The molecular formula is C17H28N2OS. The van der Waals surface area contributed by atoms with E-state index in [9.17, 15) is 0 Å². The predicted octanol–water partition coefficient (Wildman–Crippen LogP) is 3.01. The van der Waals surface area contributed by atoms with Crippen LogP contribution in [0, 0.1) is 13.8 Å². The van der Waals surface area contributed by atoms with Gasteiger partial charge in [0.2, 0.25) is 0 Å². The van der Waals surface area contributed by atoms with Gasteiger partial charge in [0, 0.05) is 29.7 Å². The van der Waals surface area contributed by atoms with Crippen molar-refractivity contribution in [1.82, 2.24) is 10.2 Å². The van der Waals surface area contributed by atoms with Crippen LogP contribution >= 0.6 is 11.8 Å². The molecule has 0 spiro atoms. The first-order chi connectivity index (χ1) is 10.1. The van der Waals surface area contributed by atoms with Crippen LogP contribution in [0.4, 0.5) is 0 Å². The van der Waals surface area contributed by atoms with Crippen molar-refractivity contribution < 1.29 is 4.74 Å². The Balaban J connectivity index is 2.40. The highest BCUT2D eigenvalue weighted by molar-refractivity contribution is 7.99. The molecule has 0 amide bonds. The van der Waals surface area contributed by atoms with Gasteiger partial charge in [-0.25, -0.2) is 0 Å². The number of thioether (sulfide) groups is 1. The van der Waals surface area contributed by atoms with Gasteiger partial charge in [-0.05, 0) is 38.6 Å². The molecule has 1 aromatic carbocycles. The fourth-order valence-electron chi connectivity index (χ4n) is 3.06. The van der Waals surface area contributed by atoms with Crippen molar-refractivity contribution in [2.75, 3.05) is 38.8 Å². The van der Waals surface area contributed by atoms with Crippen LogP contribution in [-0.2, 0) is 0 Å². The minimum Gasteiger partial charge on any atom is -0.496 e. The zero-order valence-electron chi connectivity index (χ0n) is 13.9. The Hall–Kier alpha value is -0.710. The molecule has 2 rings (SSSR count). The normalized spacial score (nSPS) is 21.3. The van der Waals surface area contributed by atoms with E-state index in [1.54, 1.807) is 7.11 Å². The number of rotatable bonds is 5. The molecule has 0 aliphatic carbocycles. The van der Waals surface area contributed by atoms with Crippen LogP contribution in [-0.4, -0.2) is 49.7 Å². The smallest absolute Gasteiger partial charge is 0.126 e. The Morgan fingerprint density at radius 1 is 1.43 bits per heavy atom. The minimum absolute atomic E-state index is 0.321. The van der Waals surface area contributed by atoms with Crippen LogP contribution in [0.2, 0.25) is 0 Å². The highest BCUT2D eigenvalue weighted by atomic mass is 32.2. The van der Waals surface area contributed by atoms with E-state index in [4.69, 9.17) is 4.74 Å². The van der Waals surface area contributed by atoms with Crippen molar-refractivity contribution in [2.24, 2.45) is 0 Å². The third kappa shape index (κ3) is 3.55. The molecule has 3 nitrogen and oxygen atoms in total. The zero-order chi connectivity index (χ0) is 15.4. The monoisotopic (exact) mass is 308 g/mol. The summed E-state index contributed by atoms with van der Waals surface area (Å²) in [6.45, 7) is 8.60. The van der Waals surface area contributed by atoms with E-state index in [0.717, 1.165) is 18.8 Å². The van der Waals surface area contributed by atoms with E-state index in [-0.39, 0.29) is 0 Å². The zero-order valence-corrected chi connectivity index (χ0v) is 14.7. The summed E-state index contributed by atoms with van der Waals surface area (Å²) < 4.78 is 5.74. The highest BCUT2D eigenvalue weighted by Gasteiger charge is 2.31. The Morgan fingerprint density at radius 3 is 2.81 bits per heavy atom. The van der Waals surface area contributed by atoms with E-state index in [0.29, 0.717) is 12.1 Å².